The van der Waals surface area contributed by atoms with Crippen molar-refractivity contribution in [3.05, 3.63) is 64.0 Å². The molecule has 2 aromatic rings. The van der Waals surface area contributed by atoms with Gasteiger partial charge in [0.2, 0.25) is 0 Å². The van der Waals surface area contributed by atoms with E-state index in [1.807, 2.05) is 6.07 Å². The number of benzene rings is 1. The van der Waals surface area contributed by atoms with Crippen LogP contribution in [0.1, 0.15) is 22.5 Å². The van der Waals surface area contributed by atoms with Crippen molar-refractivity contribution < 1.29 is 9.72 Å². The molecule has 1 aromatic carbocycles. The van der Waals surface area contributed by atoms with Gasteiger partial charge in [0.15, 0.2) is 0 Å². The number of nitro groups is 1. The Morgan fingerprint density at radius 1 is 1.40 bits per heavy atom. The van der Waals surface area contributed by atoms with E-state index in [1.165, 1.54) is 18.2 Å². The largest absolute Gasteiger partial charge is 0.375 e. The number of hydrogen-bond acceptors (Lipinski definition) is 6. The Bertz CT molecular complexity index is 847. The molecule has 1 aliphatic heterocycles. The number of anilines is 1. The maximum Gasteiger partial charge on any atom is 0.293 e. The number of likely N-dealkylation sites (tertiary alicyclic amines) is 1. The number of rotatable bonds is 4. The van der Waals surface area contributed by atoms with Gasteiger partial charge in [0.1, 0.15) is 11.4 Å². The number of carbonyl (C=O) groups is 1. The van der Waals surface area contributed by atoms with E-state index in [1.54, 1.807) is 29.3 Å². The van der Waals surface area contributed by atoms with Gasteiger partial charge in [-0.05, 0) is 30.7 Å². The fourth-order valence-corrected chi connectivity index (χ4v) is 2.81. The topological polar surface area (TPSA) is 112 Å². The van der Waals surface area contributed by atoms with Gasteiger partial charge < -0.3 is 10.2 Å². The van der Waals surface area contributed by atoms with E-state index >= 15 is 0 Å². The summed E-state index contributed by atoms with van der Waals surface area (Å²) in [6.45, 7) is 0.990. The van der Waals surface area contributed by atoms with Gasteiger partial charge in [0.05, 0.1) is 16.6 Å². The Morgan fingerprint density at radius 2 is 2.24 bits per heavy atom. The summed E-state index contributed by atoms with van der Waals surface area (Å²) < 4.78 is 0. The molecule has 1 saturated heterocycles. The first-order valence-electron chi connectivity index (χ1n) is 7.74. The number of pyridine rings is 1. The summed E-state index contributed by atoms with van der Waals surface area (Å²) in [6.07, 6.45) is 2.24. The number of nitro benzene ring substituents is 1. The molecule has 1 N–H and O–H groups in total. The zero-order valence-electron chi connectivity index (χ0n) is 13.3. The predicted molar refractivity (Wildman–Crippen MR) is 90.0 cm³/mol. The first kappa shape index (κ1) is 16.4. The Hall–Kier alpha value is -3.47. The van der Waals surface area contributed by atoms with Gasteiger partial charge in [-0.1, -0.05) is 6.07 Å². The van der Waals surface area contributed by atoms with Crippen LogP contribution < -0.4 is 5.32 Å². The van der Waals surface area contributed by atoms with E-state index in [4.69, 9.17) is 5.26 Å². The average Bonchev–Trinajstić information content (AvgIpc) is 3.10. The molecule has 25 heavy (non-hydrogen) atoms. The fourth-order valence-electron chi connectivity index (χ4n) is 2.81. The molecule has 1 atom stereocenters. The van der Waals surface area contributed by atoms with Crippen LogP contribution in [0.15, 0.2) is 42.6 Å². The SMILES string of the molecule is N#Cc1ccc(NC2CCN(C(=O)c3ccccn3)C2)c([N+](=O)[O-])c1. The molecule has 1 fully saturated rings. The molecule has 3 rings (SSSR count). The molecule has 0 bridgehead atoms. The molecule has 0 aliphatic carbocycles. The zero-order chi connectivity index (χ0) is 17.8. The highest BCUT2D eigenvalue weighted by atomic mass is 16.6. The molecule has 0 saturated carbocycles. The lowest BCUT2D eigenvalue weighted by Gasteiger charge is -2.17. The molecule has 0 radical (unpaired) electrons. The average molecular weight is 337 g/mol. The van der Waals surface area contributed by atoms with Gasteiger partial charge in [-0.15, -0.1) is 0 Å². The molecular formula is C17H15N5O3. The molecule has 8 heteroatoms. The van der Waals surface area contributed by atoms with Gasteiger partial charge in [-0.25, -0.2) is 0 Å². The molecule has 1 aliphatic rings. The van der Waals surface area contributed by atoms with Crippen LogP contribution in [0.3, 0.4) is 0 Å². The van der Waals surface area contributed by atoms with E-state index in [0.29, 0.717) is 30.9 Å². The van der Waals surface area contributed by atoms with E-state index < -0.39 is 4.92 Å². The normalized spacial score (nSPS) is 16.3. The number of amides is 1. The number of nitriles is 1. The fraction of sp³-hybridized carbons (Fsp3) is 0.235. The molecule has 8 nitrogen and oxygen atoms in total. The summed E-state index contributed by atoms with van der Waals surface area (Å²) in [7, 11) is 0. The third-order valence-electron chi connectivity index (χ3n) is 4.04. The Kier molecular flexibility index (Phi) is 4.57. The number of nitrogens with one attached hydrogen (secondary N) is 1. The third-order valence-corrected chi connectivity index (χ3v) is 4.04. The van der Waals surface area contributed by atoms with Crippen molar-refractivity contribution in [2.45, 2.75) is 12.5 Å². The van der Waals surface area contributed by atoms with Crippen LogP contribution in [0.25, 0.3) is 0 Å². The minimum atomic E-state index is -0.519. The number of aromatic nitrogens is 1. The standard InChI is InChI=1S/C17H15N5O3/c18-10-12-4-5-14(16(9-12)22(24)25)20-13-6-8-21(11-13)17(23)15-3-1-2-7-19-15/h1-5,7,9,13,20H,6,8,11H2. The quantitative estimate of drug-likeness (QED) is 0.676. The smallest absolute Gasteiger partial charge is 0.293 e. The summed E-state index contributed by atoms with van der Waals surface area (Å²) in [5.41, 5.74) is 0.817. The van der Waals surface area contributed by atoms with E-state index in [9.17, 15) is 14.9 Å². The van der Waals surface area contributed by atoms with Gasteiger partial charge in [-0.3, -0.25) is 19.9 Å². The van der Waals surface area contributed by atoms with Gasteiger partial charge in [-0.2, -0.15) is 5.26 Å². The summed E-state index contributed by atoms with van der Waals surface area (Å²) in [6, 6.07) is 11.3. The lowest BCUT2D eigenvalue weighted by Crippen LogP contribution is -2.32. The lowest BCUT2D eigenvalue weighted by atomic mass is 10.1. The lowest BCUT2D eigenvalue weighted by molar-refractivity contribution is -0.384. The maximum absolute atomic E-state index is 12.4. The second-order valence-corrected chi connectivity index (χ2v) is 5.70. The number of carbonyl (C=O) groups excluding carboxylic acids is 1. The van der Waals surface area contributed by atoms with Gasteiger partial charge in [0, 0.05) is 31.4 Å². The van der Waals surface area contributed by atoms with Crippen molar-refractivity contribution in [2.24, 2.45) is 0 Å². The number of nitrogens with zero attached hydrogens (tertiary/aromatic N) is 4. The van der Waals surface area contributed by atoms with Crippen molar-refractivity contribution >= 4 is 17.3 Å². The van der Waals surface area contributed by atoms with Crippen LogP contribution in [0.4, 0.5) is 11.4 Å². The van der Waals surface area contributed by atoms with E-state index in [-0.39, 0.29) is 23.2 Å². The second-order valence-electron chi connectivity index (χ2n) is 5.70. The zero-order valence-corrected chi connectivity index (χ0v) is 13.3. The van der Waals surface area contributed by atoms with E-state index in [0.717, 1.165) is 0 Å². The molecule has 1 aromatic heterocycles. The van der Waals surface area contributed by atoms with Crippen molar-refractivity contribution in [1.29, 1.82) is 5.26 Å². The Balaban J connectivity index is 1.71. The van der Waals surface area contributed by atoms with E-state index in [2.05, 4.69) is 10.3 Å². The molecular weight excluding hydrogens is 322 g/mol. The van der Waals surface area contributed by atoms with Crippen molar-refractivity contribution in [1.82, 2.24) is 9.88 Å². The minimum absolute atomic E-state index is 0.0979. The minimum Gasteiger partial charge on any atom is -0.375 e. The van der Waals surface area contributed by atoms with Crippen LogP contribution in [-0.4, -0.2) is 39.8 Å². The molecule has 2 heterocycles. The Labute approximate surface area is 143 Å². The first-order valence-corrected chi connectivity index (χ1v) is 7.74. The highest BCUT2D eigenvalue weighted by molar-refractivity contribution is 5.92. The summed E-state index contributed by atoms with van der Waals surface area (Å²) >= 11 is 0. The number of hydrogen-bond donors (Lipinski definition) is 1. The summed E-state index contributed by atoms with van der Waals surface area (Å²) in [4.78, 5) is 28.8. The molecule has 1 amide bonds. The third kappa shape index (κ3) is 3.55. The second kappa shape index (κ2) is 6.97. The maximum atomic E-state index is 12.4. The van der Waals surface area contributed by atoms with Gasteiger partial charge in [0.25, 0.3) is 11.6 Å². The first-order chi connectivity index (χ1) is 12.1. The van der Waals surface area contributed by atoms with Crippen LogP contribution in [0, 0.1) is 21.4 Å². The molecule has 0 spiro atoms. The van der Waals surface area contributed by atoms with Gasteiger partial charge >= 0.3 is 0 Å². The van der Waals surface area contributed by atoms with Crippen molar-refractivity contribution in [3.63, 3.8) is 0 Å². The molecule has 1 unspecified atom stereocenters. The predicted octanol–water partition coefficient (Wildman–Crippen LogP) is 2.19. The summed E-state index contributed by atoms with van der Waals surface area (Å²) in [5.74, 6) is -0.153. The monoisotopic (exact) mass is 337 g/mol. The van der Waals surface area contributed by atoms with Crippen LogP contribution in [0.5, 0.6) is 0 Å². The Morgan fingerprint density at radius 3 is 2.92 bits per heavy atom. The molecule has 126 valence electrons. The van der Waals surface area contributed by atoms with Crippen molar-refractivity contribution in [2.75, 3.05) is 18.4 Å². The highest BCUT2D eigenvalue weighted by Crippen LogP contribution is 2.27. The van der Waals surface area contributed by atoms with Crippen LogP contribution in [0.2, 0.25) is 0 Å². The van der Waals surface area contributed by atoms with Crippen molar-refractivity contribution in [3.8, 4) is 6.07 Å². The highest BCUT2D eigenvalue weighted by Gasteiger charge is 2.29. The summed E-state index contributed by atoms with van der Waals surface area (Å²) in [5, 5.41) is 23.2. The van der Waals surface area contributed by atoms with Crippen LogP contribution >= 0.6 is 0 Å². The van der Waals surface area contributed by atoms with Crippen LogP contribution in [-0.2, 0) is 0 Å².